The van der Waals surface area contributed by atoms with Gasteiger partial charge in [0.25, 0.3) is 0 Å². The molecule has 1 aliphatic heterocycles. The molecule has 1 unspecified atom stereocenters. The summed E-state index contributed by atoms with van der Waals surface area (Å²) in [7, 11) is 0. The number of morpholine rings is 1. The Morgan fingerprint density at radius 3 is 2.20 bits per heavy atom. The van der Waals surface area contributed by atoms with E-state index in [1.54, 1.807) is 0 Å². The van der Waals surface area contributed by atoms with Crippen LogP contribution in [0.5, 0.6) is 0 Å². The topological polar surface area (TPSA) is 41.6 Å². The first-order chi connectivity index (χ1) is 12.1. The van der Waals surface area contributed by atoms with Gasteiger partial charge < -0.3 is 10.1 Å². The highest BCUT2D eigenvalue weighted by atomic mass is 16.5. The van der Waals surface area contributed by atoms with Crippen molar-refractivity contribution in [3.05, 3.63) is 0 Å². The van der Waals surface area contributed by atoms with Gasteiger partial charge in [0.15, 0.2) is 0 Å². The van der Waals surface area contributed by atoms with E-state index in [0.29, 0.717) is 35.6 Å². The normalized spacial score (nSPS) is 38.9. The molecule has 142 valence electrons. The zero-order chi connectivity index (χ0) is 17.4. The maximum atomic E-state index is 13.1. The molecule has 25 heavy (non-hydrogen) atoms. The fraction of sp³-hybridized carbons (Fsp3) is 0.952. The summed E-state index contributed by atoms with van der Waals surface area (Å²) in [5.74, 6) is 4.59. The highest BCUT2D eigenvalue weighted by molar-refractivity contribution is 5.79. The van der Waals surface area contributed by atoms with Crippen molar-refractivity contribution in [1.29, 1.82) is 0 Å². The van der Waals surface area contributed by atoms with Crippen LogP contribution in [0.4, 0.5) is 0 Å². The van der Waals surface area contributed by atoms with E-state index in [2.05, 4.69) is 24.1 Å². The highest BCUT2D eigenvalue weighted by Gasteiger charge is 2.50. The molecule has 5 fully saturated rings. The molecule has 0 radical (unpaired) electrons. The SMILES string of the molecule is CC(C)CC(CNC(=O)C1C2CC3CC(C2)CC1C3)N1CCOCC1. The molecule has 1 N–H and O–H groups in total. The number of ether oxygens (including phenoxy) is 1. The maximum Gasteiger partial charge on any atom is 0.223 e. The van der Waals surface area contributed by atoms with E-state index >= 15 is 0 Å². The standard InChI is InChI=1S/C21H36N2O2/c1-14(2)7-19(23-3-5-25-6-4-23)13-22-21(24)20-17-9-15-8-16(11-17)12-18(20)10-15/h14-20H,3-13H2,1-2H3,(H,22,24). The van der Waals surface area contributed by atoms with Gasteiger partial charge in [0.2, 0.25) is 5.91 Å². The van der Waals surface area contributed by atoms with Gasteiger partial charge in [-0.05, 0) is 68.1 Å². The monoisotopic (exact) mass is 348 g/mol. The maximum absolute atomic E-state index is 13.1. The lowest BCUT2D eigenvalue weighted by atomic mass is 9.51. The van der Waals surface area contributed by atoms with E-state index in [1.807, 2.05) is 0 Å². The summed E-state index contributed by atoms with van der Waals surface area (Å²) in [6, 6.07) is 0.463. The summed E-state index contributed by atoms with van der Waals surface area (Å²) in [6.07, 6.45) is 7.90. The molecule has 5 rings (SSSR count). The molecule has 1 amide bonds. The lowest BCUT2D eigenvalue weighted by Crippen LogP contribution is -2.54. The van der Waals surface area contributed by atoms with Gasteiger partial charge in [-0.15, -0.1) is 0 Å². The first-order valence-electron chi connectivity index (χ1n) is 10.7. The average molecular weight is 349 g/mol. The minimum absolute atomic E-state index is 0.317. The molecular formula is C21H36N2O2. The lowest BCUT2D eigenvalue weighted by molar-refractivity contribution is -0.138. The third-order valence-electron chi connectivity index (χ3n) is 7.35. The van der Waals surface area contributed by atoms with E-state index in [0.717, 1.165) is 51.1 Å². The molecule has 4 heteroatoms. The van der Waals surface area contributed by atoms with Crippen LogP contribution in [0.2, 0.25) is 0 Å². The van der Waals surface area contributed by atoms with Crippen LogP contribution in [0.1, 0.15) is 52.4 Å². The molecule has 4 aliphatic carbocycles. The van der Waals surface area contributed by atoms with Crippen LogP contribution in [0.25, 0.3) is 0 Å². The second kappa shape index (κ2) is 7.56. The molecule has 4 nitrogen and oxygen atoms in total. The van der Waals surface area contributed by atoms with Gasteiger partial charge in [-0.2, -0.15) is 0 Å². The number of carbonyl (C=O) groups is 1. The highest BCUT2D eigenvalue weighted by Crippen LogP contribution is 2.56. The fourth-order valence-electron chi connectivity index (χ4n) is 6.54. The molecule has 1 atom stereocenters. The lowest BCUT2D eigenvalue weighted by Gasteiger charge is -2.53. The Balaban J connectivity index is 1.34. The second-order valence-corrected chi connectivity index (χ2v) is 9.63. The molecule has 0 spiro atoms. The van der Waals surface area contributed by atoms with Crippen LogP contribution in [-0.4, -0.2) is 49.7 Å². The Morgan fingerprint density at radius 1 is 1.04 bits per heavy atom. The van der Waals surface area contributed by atoms with E-state index in [9.17, 15) is 4.79 Å². The summed E-state index contributed by atoms with van der Waals surface area (Å²) in [5, 5.41) is 3.39. The molecule has 1 saturated heterocycles. The number of hydrogen-bond acceptors (Lipinski definition) is 3. The van der Waals surface area contributed by atoms with Crippen LogP contribution < -0.4 is 5.32 Å². The third-order valence-corrected chi connectivity index (χ3v) is 7.35. The number of amides is 1. The average Bonchev–Trinajstić information content (AvgIpc) is 2.58. The van der Waals surface area contributed by atoms with Gasteiger partial charge in [-0.3, -0.25) is 9.69 Å². The summed E-state index contributed by atoms with van der Waals surface area (Å²) >= 11 is 0. The number of carbonyl (C=O) groups excluding carboxylic acids is 1. The second-order valence-electron chi connectivity index (χ2n) is 9.63. The summed E-state index contributed by atoms with van der Waals surface area (Å²) < 4.78 is 5.51. The Kier molecular flexibility index (Phi) is 5.38. The van der Waals surface area contributed by atoms with Crippen molar-refractivity contribution in [1.82, 2.24) is 10.2 Å². The van der Waals surface area contributed by atoms with Crippen LogP contribution >= 0.6 is 0 Å². The molecular weight excluding hydrogens is 312 g/mol. The van der Waals surface area contributed by atoms with Crippen molar-refractivity contribution in [2.75, 3.05) is 32.8 Å². The van der Waals surface area contributed by atoms with Crippen LogP contribution in [0, 0.1) is 35.5 Å². The molecule has 4 saturated carbocycles. The zero-order valence-corrected chi connectivity index (χ0v) is 16.1. The van der Waals surface area contributed by atoms with Crippen LogP contribution in [0.15, 0.2) is 0 Å². The van der Waals surface area contributed by atoms with E-state index in [4.69, 9.17) is 4.74 Å². The number of nitrogens with zero attached hydrogens (tertiary/aromatic N) is 1. The Labute approximate surface area is 153 Å². The smallest absolute Gasteiger partial charge is 0.223 e. The molecule has 0 aromatic heterocycles. The van der Waals surface area contributed by atoms with Gasteiger partial charge in [0.1, 0.15) is 0 Å². The van der Waals surface area contributed by atoms with Gasteiger partial charge in [-0.25, -0.2) is 0 Å². The summed E-state index contributed by atoms with van der Waals surface area (Å²) in [4.78, 5) is 15.6. The molecule has 5 aliphatic rings. The van der Waals surface area contributed by atoms with Crippen molar-refractivity contribution in [3.63, 3.8) is 0 Å². The minimum atomic E-state index is 0.317. The summed E-state index contributed by atoms with van der Waals surface area (Å²) in [5.41, 5.74) is 0. The van der Waals surface area contributed by atoms with Gasteiger partial charge in [-0.1, -0.05) is 13.8 Å². The van der Waals surface area contributed by atoms with Crippen LogP contribution in [-0.2, 0) is 9.53 Å². The zero-order valence-electron chi connectivity index (χ0n) is 16.1. The van der Waals surface area contributed by atoms with Gasteiger partial charge in [0, 0.05) is 31.6 Å². The predicted octanol–water partition coefficient (Wildman–Crippen LogP) is 2.92. The quantitative estimate of drug-likeness (QED) is 0.802. The van der Waals surface area contributed by atoms with Crippen molar-refractivity contribution in [2.24, 2.45) is 35.5 Å². The van der Waals surface area contributed by atoms with E-state index in [-0.39, 0.29) is 0 Å². The molecule has 0 aromatic carbocycles. The van der Waals surface area contributed by atoms with Crippen molar-refractivity contribution in [3.8, 4) is 0 Å². The predicted molar refractivity (Wildman–Crippen MR) is 99.2 cm³/mol. The molecule has 0 aromatic rings. The Bertz CT molecular complexity index is 445. The summed E-state index contributed by atoms with van der Waals surface area (Å²) in [6.45, 7) is 9.06. The van der Waals surface area contributed by atoms with Crippen molar-refractivity contribution >= 4 is 5.91 Å². The Morgan fingerprint density at radius 2 is 1.64 bits per heavy atom. The number of hydrogen-bond donors (Lipinski definition) is 1. The van der Waals surface area contributed by atoms with Gasteiger partial charge in [0.05, 0.1) is 13.2 Å². The number of rotatable bonds is 6. The van der Waals surface area contributed by atoms with Crippen molar-refractivity contribution in [2.45, 2.75) is 58.4 Å². The number of nitrogens with one attached hydrogen (secondary N) is 1. The first kappa shape index (κ1) is 17.8. The Hall–Kier alpha value is -0.610. The molecule has 4 bridgehead atoms. The van der Waals surface area contributed by atoms with Crippen LogP contribution in [0.3, 0.4) is 0 Å². The molecule has 1 heterocycles. The van der Waals surface area contributed by atoms with Crippen molar-refractivity contribution < 1.29 is 9.53 Å². The van der Waals surface area contributed by atoms with E-state index < -0.39 is 0 Å². The van der Waals surface area contributed by atoms with E-state index in [1.165, 1.54) is 32.1 Å². The first-order valence-corrected chi connectivity index (χ1v) is 10.7. The third kappa shape index (κ3) is 3.90. The fourth-order valence-corrected chi connectivity index (χ4v) is 6.54. The largest absolute Gasteiger partial charge is 0.379 e. The van der Waals surface area contributed by atoms with Gasteiger partial charge >= 0.3 is 0 Å². The minimum Gasteiger partial charge on any atom is -0.379 e.